The van der Waals surface area contributed by atoms with E-state index in [1.165, 1.54) is 16.4 Å². The number of sulfonamides is 1. The van der Waals surface area contributed by atoms with Crippen LogP contribution in [-0.4, -0.2) is 43.4 Å². The Morgan fingerprint density at radius 1 is 0.881 bits per heavy atom. The van der Waals surface area contributed by atoms with Crippen LogP contribution in [0.25, 0.3) is 0 Å². The van der Waals surface area contributed by atoms with E-state index in [1.54, 1.807) is 66.7 Å². The zero-order chi connectivity index (χ0) is 29.9. The summed E-state index contributed by atoms with van der Waals surface area (Å²) >= 11 is 6.93. The molecule has 0 bridgehead atoms. The lowest BCUT2D eigenvalue weighted by molar-refractivity contribution is -0.120. The number of rotatable bonds is 8. The molecule has 11 heteroatoms. The third-order valence-electron chi connectivity index (χ3n) is 7.03. The van der Waals surface area contributed by atoms with E-state index in [4.69, 9.17) is 11.6 Å². The molecule has 1 unspecified atom stereocenters. The molecule has 1 aromatic heterocycles. The van der Waals surface area contributed by atoms with Gasteiger partial charge in [-0.25, -0.2) is 8.42 Å². The standard InChI is InChI=1S/C31H28ClN3O5S2/c1-20-13-14-26(24(18-20)29(36)21-8-3-2-4-9-21)34-31(38)23-11-5-6-12-25(23)33-30(37)22-10-7-17-35(19-22)42(39,40)28-16-15-27(32)41-28/h2-6,8-9,11-16,18,22H,7,10,17,19H2,1H3,(H,33,37)(H,34,38). The molecule has 1 saturated heterocycles. The van der Waals surface area contributed by atoms with Crippen LogP contribution in [0.2, 0.25) is 4.34 Å². The highest BCUT2D eigenvalue weighted by Crippen LogP contribution is 2.31. The number of benzene rings is 3. The summed E-state index contributed by atoms with van der Waals surface area (Å²) in [6, 6.07) is 23.6. The zero-order valence-electron chi connectivity index (χ0n) is 22.7. The first-order valence-electron chi connectivity index (χ1n) is 13.3. The minimum Gasteiger partial charge on any atom is -0.325 e. The molecule has 2 N–H and O–H groups in total. The Morgan fingerprint density at radius 3 is 2.33 bits per heavy atom. The average molecular weight is 622 g/mol. The third-order valence-corrected chi connectivity index (χ3v) is 10.6. The fourth-order valence-corrected chi connectivity index (χ4v) is 8.01. The van der Waals surface area contributed by atoms with Gasteiger partial charge in [-0.05, 0) is 56.2 Å². The largest absolute Gasteiger partial charge is 0.325 e. The number of aryl methyl sites for hydroxylation is 1. The van der Waals surface area contributed by atoms with Crippen LogP contribution in [0, 0.1) is 12.8 Å². The van der Waals surface area contributed by atoms with Gasteiger partial charge in [0.05, 0.1) is 27.2 Å². The second kappa shape index (κ2) is 12.6. The van der Waals surface area contributed by atoms with Crippen molar-refractivity contribution in [3.63, 3.8) is 0 Å². The molecule has 4 aromatic rings. The molecule has 1 atom stereocenters. The maximum Gasteiger partial charge on any atom is 0.257 e. The Hall–Kier alpha value is -3.83. The first kappa shape index (κ1) is 29.7. The molecular weight excluding hydrogens is 594 g/mol. The maximum atomic E-state index is 13.5. The minimum absolute atomic E-state index is 0.0202. The monoisotopic (exact) mass is 621 g/mol. The topological polar surface area (TPSA) is 113 Å². The normalized spacial score (nSPS) is 15.6. The van der Waals surface area contributed by atoms with E-state index in [9.17, 15) is 22.8 Å². The molecule has 0 aliphatic carbocycles. The summed E-state index contributed by atoms with van der Waals surface area (Å²) in [6.45, 7) is 2.19. The smallest absolute Gasteiger partial charge is 0.257 e. The molecule has 42 heavy (non-hydrogen) atoms. The second-order valence-electron chi connectivity index (χ2n) is 9.99. The molecule has 2 heterocycles. The van der Waals surface area contributed by atoms with Crippen LogP contribution in [0.15, 0.2) is 89.1 Å². The summed E-state index contributed by atoms with van der Waals surface area (Å²) < 4.78 is 28.0. The number of para-hydroxylation sites is 1. The highest BCUT2D eigenvalue weighted by Gasteiger charge is 2.34. The lowest BCUT2D eigenvalue weighted by Crippen LogP contribution is -2.43. The summed E-state index contributed by atoms with van der Waals surface area (Å²) in [5, 5.41) is 5.67. The van der Waals surface area contributed by atoms with Gasteiger partial charge >= 0.3 is 0 Å². The van der Waals surface area contributed by atoms with Crippen molar-refractivity contribution in [3.8, 4) is 0 Å². The summed E-state index contributed by atoms with van der Waals surface area (Å²) in [4.78, 5) is 40.0. The molecule has 1 fully saturated rings. The van der Waals surface area contributed by atoms with Gasteiger partial charge in [-0.15, -0.1) is 11.3 Å². The van der Waals surface area contributed by atoms with Gasteiger partial charge in [0.2, 0.25) is 5.91 Å². The van der Waals surface area contributed by atoms with Crippen molar-refractivity contribution in [2.75, 3.05) is 23.7 Å². The summed E-state index contributed by atoms with van der Waals surface area (Å²) in [7, 11) is -3.78. The number of thiophene rings is 1. The molecule has 3 aromatic carbocycles. The van der Waals surface area contributed by atoms with Gasteiger partial charge in [-0.2, -0.15) is 4.31 Å². The number of nitrogens with one attached hydrogen (secondary N) is 2. The number of carbonyl (C=O) groups is 3. The Morgan fingerprint density at radius 2 is 1.60 bits per heavy atom. The maximum absolute atomic E-state index is 13.5. The van der Waals surface area contributed by atoms with E-state index < -0.39 is 21.8 Å². The number of ketones is 1. The predicted molar refractivity (Wildman–Crippen MR) is 165 cm³/mol. The number of halogens is 1. The van der Waals surface area contributed by atoms with Crippen molar-refractivity contribution >= 4 is 61.9 Å². The van der Waals surface area contributed by atoms with Crippen LogP contribution in [-0.2, 0) is 14.8 Å². The lowest BCUT2D eigenvalue weighted by atomic mass is 9.98. The molecule has 0 radical (unpaired) electrons. The number of carbonyl (C=O) groups excluding carboxylic acids is 3. The van der Waals surface area contributed by atoms with Gasteiger partial charge in [-0.1, -0.05) is 65.7 Å². The van der Waals surface area contributed by atoms with E-state index in [1.807, 2.05) is 13.0 Å². The molecule has 216 valence electrons. The van der Waals surface area contributed by atoms with Gasteiger partial charge < -0.3 is 10.6 Å². The fraction of sp³-hybridized carbons (Fsp3) is 0.194. The summed E-state index contributed by atoms with van der Waals surface area (Å²) in [6.07, 6.45) is 1.02. The quantitative estimate of drug-likeness (QED) is 0.226. The number of amides is 2. The van der Waals surface area contributed by atoms with Gasteiger partial charge in [0.1, 0.15) is 4.21 Å². The summed E-state index contributed by atoms with van der Waals surface area (Å²) in [5.41, 5.74) is 2.56. The van der Waals surface area contributed by atoms with Crippen molar-refractivity contribution in [1.29, 1.82) is 0 Å². The third kappa shape index (κ3) is 6.47. The van der Waals surface area contributed by atoms with Crippen LogP contribution in [0.3, 0.4) is 0 Å². The van der Waals surface area contributed by atoms with Crippen molar-refractivity contribution in [1.82, 2.24) is 4.31 Å². The van der Waals surface area contributed by atoms with E-state index in [-0.39, 0.29) is 33.7 Å². The predicted octanol–water partition coefficient (Wildman–Crippen LogP) is 6.23. The average Bonchev–Trinajstić information content (AvgIpc) is 3.45. The Balaban J connectivity index is 1.33. The van der Waals surface area contributed by atoms with E-state index >= 15 is 0 Å². The number of hydrogen-bond donors (Lipinski definition) is 2. The Kier molecular flexibility index (Phi) is 8.88. The fourth-order valence-electron chi connectivity index (χ4n) is 4.85. The first-order chi connectivity index (χ1) is 20.1. The van der Waals surface area contributed by atoms with E-state index in [2.05, 4.69) is 10.6 Å². The van der Waals surface area contributed by atoms with Gasteiger partial charge in [0, 0.05) is 24.2 Å². The first-order valence-corrected chi connectivity index (χ1v) is 15.9. The molecule has 5 rings (SSSR count). The Bertz CT molecular complexity index is 1760. The molecule has 0 saturated carbocycles. The second-order valence-corrected chi connectivity index (χ2v) is 13.9. The highest BCUT2D eigenvalue weighted by atomic mass is 35.5. The van der Waals surface area contributed by atoms with E-state index in [0.29, 0.717) is 40.5 Å². The zero-order valence-corrected chi connectivity index (χ0v) is 25.1. The van der Waals surface area contributed by atoms with Crippen molar-refractivity contribution in [3.05, 3.63) is 112 Å². The number of nitrogens with zero attached hydrogens (tertiary/aromatic N) is 1. The molecular formula is C31H28ClN3O5S2. The molecule has 0 spiro atoms. The van der Waals surface area contributed by atoms with Gasteiger partial charge in [-0.3, -0.25) is 14.4 Å². The van der Waals surface area contributed by atoms with Crippen molar-refractivity contribution in [2.45, 2.75) is 24.0 Å². The number of piperidine rings is 1. The SMILES string of the molecule is Cc1ccc(NC(=O)c2ccccc2NC(=O)C2CCCN(S(=O)(=O)c3ccc(Cl)s3)C2)c(C(=O)c2ccccc2)c1. The number of hydrogen-bond acceptors (Lipinski definition) is 6. The van der Waals surface area contributed by atoms with Crippen LogP contribution in [0.1, 0.15) is 44.7 Å². The van der Waals surface area contributed by atoms with Gasteiger partial charge in [0.15, 0.2) is 5.78 Å². The van der Waals surface area contributed by atoms with Crippen LogP contribution >= 0.6 is 22.9 Å². The van der Waals surface area contributed by atoms with Crippen LogP contribution < -0.4 is 10.6 Å². The van der Waals surface area contributed by atoms with Crippen LogP contribution in [0.5, 0.6) is 0 Å². The molecule has 2 amide bonds. The molecule has 1 aliphatic heterocycles. The minimum atomic E-state index is -3.78. The number of anilines is 2. The lowest BCUT2D eigenvalue weighted by Gasteiger charge is -2.31. The highest BCUT2D eigenvalue weighted by molar-refractivity contribution is 7.91. The Labute approximate surface area is 253 Å². The van der Waals surface area contributed by atoms with Crippen molar-refractivity contribution < 1.29 is 22.8 Å². The van der Waals surface area contributed by atoms with Crippen LogP contribution in [0.4, 0.5) is 11.4 Å². The molecule has 1 aliphatic rings. The van der Waals surface area contributed by atoms with Gasteiger partial charge in [0.25, 0.3) is 15.9 Å². The summed E-state index contributed by atoms with van der Waals surface area (Å²) in [5.74, 6) is -1.71. The van der Waals surface area contributed by atoms with E-state index in [0.717, 1.165) is 16.9 Å². The molecule has 8 nitrogen and oxygen atoms in total. The van der Waals surface area contributed by atoms with Crippen molar-refractivity contribution in [2.24, 2.45) is 5.92 Å².